The summed E-state index contributed by atoms with van der Waals surface area (Å²) in [6, 6.07) is 13.0. The van der Waals surface area contributed by atoms with E-state index in [9.17, 15) is 9.59 Å². The van der Waals surface area contributed by atoms with E-state index in [1.807, 2.05) is 44.2 Å². The summed E-state index contributed by atoms with van der Waals surface area (Å²) in [5, 5.41) is 2.88. The Kier molecular flexibility index (Phi) is 5.11. The van der Waals surface area contributed by atoms with Crippen LogP contribution >= 0.6 is 0 Å². The van der Waals surface area contributed by atoms with Gasteiger partial charge in [-0.05, 0) is 37.1 Å². The van der Waals surface area contributed by atoms with Crippen molar-refractivity contribution in [1.82, 2.24) is 4.90 Å². The van der Waals surface area contributed by atoms with E-state index < -0.39 is 6.10 Å². The van der Waals surface area contributed by atoms with Crippen molar-refractivity contribution in [2.24, 2.45) is 0 Å². The first-order valence-electron chi connectivity index (χ1n) is 8.45. The largest absolute Gasteiger partial charge is 0.485 e. The Balaban J connectivity index is 1.60. The number of nitrogens with zero attached hydrogens (tertiary/aromatic N) is 1. The van der Waals surface area contributed by atoms with Gasteiger partial charge in [-0.15, -0.1) is 0 Å². The summed E-state index contributed by atoms with van der Waals surface area (Å²) >= 11 is 0. The van der Waals surface area contributed by atoms with Crippen LogP contribution in [-0.2, 0) is 9.59 Å². The number of ether oxygens (including phenoxy) is 2. The summed E-state index contributed by atoms with van der Waals surface area (Å²) in [5.41, 5.74) is 2.74. The molecule has 1 aliphatic heterocycles. The van der Waals surface area contributed by atoms with Gasteiger partial charge >= 0.3 is 0 Å². The zero-order valence-corrected chi connectivity index (χ0v) is 15.1. The van der Waals surface area contributed by atoms with Gasteiger partial charge < -0.3 is 19.7 Å². The second-order valence-electron chi connectivity index (χ2n) is 6.37. The van der Waals surface area contributed by atoms with Crippen LogP contribution in [0.5, 0.6) is 11.5 Å². The van der Waals surface area contributed by atoms with Crippen molar-refractivity contribution in [3.05, 3.63) is 53.6 Å². The highest BCUT2D eigenvalue weighted by Crippen LogP contribution is 2.31. The van der Waals surface area contributed by atoms with E-state index in [2.05, 4.69) is 5.32 Å². The molecule has 1 N–H and O–H groups in total. The van der Waals surface area contributed by atoms with Gasteiger partial charge in [-0.1, -0.05) is 30.3 Å². The minimum Gasteiger partial charge on any atom is -0.485 e. The Morgan fingerprint density at radius 1 is 1.08 bits per heavy atom. The molecule has 6 nitrogen and oxygen atoms in total. The van der Waals surface area contributed by atoms with Gasteiger partial charge in [0.15, 0.2) is 11.5 Å². The highest BCUT2D eigenvalue weighted by Gasteiger charge is 2.30. The number of nitrogens with one attached hydrogen (secondary N) is 1. The molecule has 0 aromatic heterocycles. The second-order valence-corrected chi connectivity index (χ2v) is 6.37. The quantitative estimate of drug-likeness (QED) is 0.916. The van der Waals surface area contributed by atoms with Crippen LogP contribution in [0.25, 0.3) is 0 Å². The van der Waals surface area contributed by atoms with Crippen molar-refractivity contribution in [2.75, 3.05) is 25.5 Å². The first-order chi connectivity index (χ1) is 12.5. The topological polar surface area (TPSA) is 67.9 Å². The van der Waals surface area contributed by atoms with Crippen molar-refractivity contribution in [2.45, 2.75) is 20.0 Å². The lowest BCUT2D eigenvalue weighted by Crippen LogP contribution is -2.47. The number of hydrogen-bond acceptors (Lipinski definition) is 4. The number of fused-ring (bicyclic) bond motifs is 1. The lowest BCUT2D eigenvalue weighted by molar-refractivity contribution is -0.141. The molecule has 136 valence electrons. The molecule has 0 spiro atoms. The van der Waals surface area contributed by atoms with E-state index >= 15 is 0 Å². The molecule has 3 rings (SSSR count). The summed E-state index contributed by atoms with van der Waals surface area (Å²) in [4.78, 5) is 26.3. The Morgan fingerprint density at radius 3 is 2.42 bits per heavy atom. The van der Waals surface area contributed by atoms with E-state index in [0.717, 1.165) is 16.8 Å². The fourth-order valence-electron chi connectivity index (χ4n) is 2.87. The summed E-state index contributed by atoms with van der Waals surface area (Å²) < 4.78 is 11.3. The molecule has 26 heavy (non-hydrogen) atoms. The van der Waals surface area contributed by atoms with Crippen LogP contribution < -0.4 is 14.8 Å². The Morgan fingerprint density at radius 2 is 1.73 bits per heavy atom. The zero-order valence-electron chi connectivity index (χ0n) is 15.1. The SMILES string of the molecule is Cc1cccc(C)c1NC(=O)CN(C)C(=O)[C@@H]1COc2ccccc2O1. The molecule has 0 fully saturated rings. The van der Waals surface area contributed by atoms with E-state index in [1.54, 1.807) is 19.2 Å². The van der Waals surface area contributed by atoms with Crippen LogP contribution in [0, 0.1) is 13.8 Å². The molecule has 0 radical (unpaired) electrons. The van der Waals surface area contributed by atoms with Crippen LogP contribution in [0.2, 0.25) is 0 Å². The zero-order chi connectivity index (χ0) is 18.7. The first kappa shape index (κ1) is 17.8. The molecule has 0 saturated carbocycles. The molecule has 1 heterocycles. The highest BCUT2D eigenvalue weighted by molar-refractivity contribution is 5.96. The van der Waals surface area contributed by atoms with Gasteiger partial charge in [0.1, 0.15) is 6.61 Å². The molecular formula is C20H22N2O4. The fraction of sp³-hybridized carbons (Fsp3) is 0.300. The smallest absolute Gasteiger partial charge is 0.267 e. The number of aryl methyl sites for hydroxylation is 2. The highest BCUT2D eigenvalue weighted by atomic mass is 16.6. The van der Waals surface area contributed by atoms with Gasteiger partial charge in [0.05, 0.1) is 6.54 Å². The van der Waals surface area contributed by atoms with Gasteiger partial charge in [-0.2, -0.15) is 0 Å². The third-order valence-corrected chi connectivity index (χ3v) is 4.29. The van der Waals surface area contributed by atoms with Gasteiger partial charge in [0, 0.05) is 12.7 Å². The second kappa shape index (κ2) is 7.47. The number of para-hydroxylation sites is 3. The van der Waals surface area contributed by atoms with E-state index in [4.69, 9.17) is 9.47 Å². The van der Waals surface area contributed by atoms with E-state index in [-0.39, 0.29) is 25.0 Å². The number of rotatable bonds is 4. The monoisotopic (exact) mass is 354 g/mol. The lowest BCUT2D eigenvalue weighted by atomic mass is 10.1. The molecule has 0 unspecified atom stereocenters. The van der Waals surface area contributed by atoms with Crippen LogP contribution in [0.15, 0.2) is 42.5 Å². The van der Waals surface area contributed by atoms with Crippen LogP contribution in [0.3, 0.4) is 0 Å². The predicted octanol–water partition coefficient (Wildman–Crippen LogP) is 2.54. The van der Waals surface area contributed by atoms with Gasteiger partial charge in [-0.3, -0.25) is 9.59 Å². The van der Waals surface area contributed by atoms with Gasteiger partial charge in [0.2, 0.25) is 12.0 Å². The average Bonchev–Trinajstić information content (AvgIpc) is 2.63. The maximum atomic E-state index is 12.6. The molecule has 0 saturated heterocycles. The minimum absolute atomic E-state index is 0.0614. The number of likely N-dealkylation sites (N-methyl/N-ethyl adjacent to an activating group) is 1. The van der Waals surface area contributed by atoms with Crippen molar-refractivity contribution in [3.8, 4) is 11.5 Å². The molecule has 2 amide bonds. The lowest BCUT2D eigenvalue weighted by Gasteiger charge is -2.28. The van der Waals surface area contributed by atoms with E-state index in [0.29, 0.717) is 11.5 Å². The van der Waals surface area contributed by atoms with Crippen LogP contribution in [0.4, 0.5) is 5.69 Å². The fourth-order valence-corrected chi connectivity index (χ4v) is 2.87. The maximum absolute atomic E-state index is 12.6. The first-order valence-corrected chi connectivity index (χ1v) is 8.45. The molecule has 1 aliphatic rings. The summed E-state index contributed by atoms with van der Waals surface area (Å²) in [5.74, 6) is 0.601. The van der Waals surface area contributed by atoms with Crippen LogP contribution in [-0.4, -0.2) is 43.0 Å². The van der Waals surface area contributed by atoms with Gasteiger partial charge in [-0.25, -0.2) is 0 Å². The maximum Gasteiger partial charge on any atom is 0.267 e. The third-order valence-electron chi connectivity index (χ3n) is 4.29. The van der Waals surface area contributed by atoms with Crippen molar-refractivity contribution in [3.63, 3.8) is 0 Å². The molecular weight excluding hydrogens is 332 g/mol. The Labute approximate surface area is 152 Å². The predicted molar refractivity (Wildman–Crippen MR) is 98.5 cm³/mol. The van der Waals surface area contributed by atoms with E-state index in [1.165, 1.54) is 4.90 Å². The number of amides is 2. The van der Waals surface area contributed by atoms with Crippen molar-refractivity contribution >= 4 is 17.5 Å². The number of carbonyl (C=O) groups excluding carboxylic acids is 2. The number of benzene rings is 2. The number of hydrogen-bond donors (Lipinski definition) is 1. The van der Waals surface area contributed by atoms with Crippen LogP contribution in [0.1, 0.15) is 11.1 Å². The number of carbonyl (C=O) groups is 2. The van der Waals surface area contributed by atoms with Crippen molar-refractivity contribution < 1.29 is 19.1 Å². The Hall–Kier alpha value is -3.02. The molecule has 0 aliphatic carbocycles. The number of anilines is 1. The summed E-state index contributed by atoms with van der Waals surface area (Å²) in [6.07, 6.45) is -0.761. The van der Waals surface area contributed by atoms with Crippen molar-refractivity contribution in [1.29, 1.82) is 0 Å². The molecule has 2 aromatic rings. The molecule has 6 heteroatoms. The minimum atomic E-state index is -0.761. The standard InChI is InChI=1S/C20H22N2O4/c1-13-7-6-8-14(2)19(13)21-18(23)11-22(3)20(24)17-12-25-15-9-4-5-10-16(15)26-17/h4-10,17H,11-12H2,1-3H3,(H,21,23)/t17-/m0/s1. The van der Waals surface area contributed by atoms with Gasteiger partial charge in [0.25, 0.3) is 5.91 Å². The normalized spacial score (nSPS) is 15.3. The summed E-state index contributed by atoms with van der Waals surface area (Å²) in [6.45, 7) is 3.93. The summed E-state index contributed by atoms with van der Waals surface area (Å²) in [7, 11) is 1.58. The molecule has 1 atom stereocenters. The third kappa shape index (κ3) is 3.79. The molecule has 2 aromatic carbocycles. The average molecular weight is 354 g/mol. The Bertz CT molecular complexity index is 814. The molecule has 0 bridgehead atoms.